The number of hydrogen-bond acceptors (Lipinski definition) is 2. The van der Waals surface area contributed by atoms with Crippen LogP contribution in [0.25, 0.3) is 0 Å². The molecule has 0 N–H and O–H groups in total. The fraction of sp³-hybridized carbons (Fsp3) is 0.846. The van der Waals surface area contributed by atoms with Gasteiger partial charge >= 0.3 is 0 Å². The largest absolute Gasteiger partial charge is 0.353 e. The van der Waals surface area contributed by atoms with Crippen molar-refractivity contribution in [3.8, 4) is 0 Å². The maximum Gasteiger partial charge on any atom is 0.130 e. The molecule has 1 fully saturated rings. The molecule has 1 saturated heterocycles. The van der Waals surface area contributed by atoms with Gasteiger partial charge in [0.1, 0.15) is 6.23 Å². The molecule has 0 aromatic heterocycles. The summed E-state index contributed by atoms with van der Waals surface area (Å²) in [5.41, 5.74) is 0. The summed E-state index contributed by atoms with van der Waals surface area (Å²) in [5, 5.41) is 0. The SMILES string of the molecule is CCCCC1OC2CCC=CN2C1CC. The lowest BCUT2D eigenvalue weighted by atomic mass is 10.0. The summed E-state index contributed by atoms with van der Waals surface area (Å²) in [6.07, 6.45) is 12.8. The van der Waals surface area contributed by atoms with Crippen molar-refractivity contribution in [1.29, 1.82) is 0 Å². The van der Waals surface area contributed by atoms with E-state index in [1.807, 2.05) is 0 Å². The minimum atomic E-state index is 0.377. The molecule has 15 heavy (non-hydrogen) atoms. The number of allylic oxidation sites excluding steroid dienone is 1. The molecule has 0 saturated carbocycles. The quantitative estimate of drug-likeness (QED) is 0.704. The third-order valence-electron chi connectivity index (χ3n) is 3.59. The van der Waals surface area contributed by atoms with Crippen molar-refractivity contribution in [2.75, 3.05) is 0 Å². The van der Waals surface area contributed by atoms with Gasteiger partial charge in [0.2, 0.25) is 0 Å². The molecular weight excluding hydrogens is 186 g/mol. The Morgan fingerprint density at radius 3 is 3.00 bits per heavy atom. The van der Waals surface area contributed by atoms with E-state index in [4.69, 9.17) is 4.74 Å². The standard InChI is InChI=1S/C13H23NO/c1-3-5-8-12-11(4-2)14-10-7-6-9-13(14)15-12/h7,10-13H,3-6,8-9H2,1-2H3. The predicted molar refractivity (Wildman–Crippen MR) is 62.5 cm³/mol. The van der Waals surface area contributed by atoms with Crippen LogP contribution in [0, 0.1) is 0 Å². The highest BCUT2D eigenvalue weighted by atomic mass is 16.5. The second kappa shape index (κ2) is 5.02. The van der Waals surface area contributed by atoms with Crippen molar-refractivity contribution in [1.82, 2.24) is 4.90 Å². The molecule has 0 aromatic carbocycles. The van der Waals surface area contributed by atoms with Gasteiger partial charge in [-0.1, -0.05) is 32.8 Å². The first-order chi connectivity index (χ1) is 7.36. The minimum absolute atomic E-state index is 0.377. The Labute approximate surface area is 93.3 Å². The van der Waals surface area contributed by atoms with Crippen LogP contribution in [-0.4, -0.2) is 23.3 Å². The summed E-state index contributed by atoms with van der Waals surface area (Å²) in [4.78, 5) is 2.45. The fourth-order valence-corrected chi connectivity index (χ4v) is 2.77. The van der Waals surface area contributed by atoms with E-state index in [9.17, 15) is 0 Å². The van der Waals surface area contributed by atoms with E-state index in [1.165, 1.54) is 38.5 Å². The van der Waals surface area contributed by atoms with Crippen LogP contribution in [-0.2, 0) is 4.74 Å². The first kappa shape index (κ1) is 11.0. The van der Waals surface area contributed by atoms with E-state index in [1.54, 1.807) is 0 Å². The molecule has 0 bridgehead atoms. The minimum Gasteiger partial charge on any atom is -0.353 e. The van der Waals surface area contributed by atoms with Crippen molar-refractivity contribution in [3.63, 3.8) is 0 Å². The zero-order valence-electron chi connectivity index (χ0n) is 9.98. The summed E-state index contributed by atoms with van der Waals surface area (Å²) in [5.74, 6) is 0. The summed E-state index contributed by atoms with van der Waals surface area (Å²) in [7, 11) is 0. The predicted octanol–water partition coefficient (Wildman–Crippen LogP) is 3.29. The molecule has 2 rings (SSSR count). The Morgan fingerprint density at radius 1 is 1.40 bits per heavy atom. The van der Waals surface area contributed by atoms with E-state index in [0.29, 0.717) is 18.4 Å². The molecule has 3 unspecified atom stereocenters. The van der Waals surface area contributed by atoms with Gasteiger partial charge in [-0.2, -0.15) is 0 Å². The third-order valence-corrected chi connectivity index (χ3v) is 3.59. The zero-order valence-corrected chi connectivity index (χ0v) is 9.98. The topological polar surface area (TPSA) is 12.5 Å². The number of nitrogens with zero attached hydrogens (tertiary/aromatic N) is 1. The fourth-order valence-electron chi connectivity index (χ4n) is 2.77. The molecule has 2 heteroatoms. The Bertz CT molecular complexity index is 227. The number of hydrogen-bond donors (Lipinski definition) is 0. The lowest BCUT2D eigenvalue weighted by Gasteiger charge is -2.29. The van der Waals surface area contributed by atoms with Gasteiger partial charge in [0.05, 0.1) is 12.1 Å². The molecule has 0 spiro atoms. The van der Waals surface area contributed by atoms with Gasteiger partial charge in [-0.3, -0.25) is 0 Å². The molecule has 0 aliphatic carbocycles. The van der Waals surface area contributed by atoms with Crippen molar-refractivity contribution >= 4 is 0 Å². The normalized spacial score (nSPS) is 34.5. The molecule has 3 atom stereocenters. The number of rotatable bonds is 4. The summed E-state index contributed by atoms with van der Waals surface area (Å²) in [6, 6.07) is 0.623. The van der Waals surface area contributed by atoms with Crippen molar-refractivity contribution < 1.29 is 4.74 Å². The molecule has 2 nitrogen and oxygen atoms in total. The molecule has 2 aliphatic heterocycles. The Hall–Kier alpha value is -0.500. The smallest absolute Gasteiger partial charge is 0.130 e. The highest BCUT2D eigenvalue weighted by Crippen LogP contribution is 2.33. The van der Waals surface area contributed by atoms with Crippen LogP contribution in [0.2, 0.25) is 0 Å². The Kier molecular flexibility index (Phi) is 3.68. The third kappa shape index (κ3) is 2.20. The van der Waals surface area contributed by atoms with Crippen LogP contribution in [0.5, 0.6) is 0 Å². The van der Waals surface area contributed by atoms with Gasteiger partial charge in [-0.05, 0) is 31.9 Å². The second-order valence-electron chi connectivity index (χ2n) is 4.66. The Morgan fingerprint density at radius 2 is 2.27 bits per heavy atom. The monoisotopic (exact) mass is 209 g/mol. The van der Waals surface area contributed by atoms with E-state index in [2.05, 4.69) is 31.0 Å². The van der Waals surface area contributed by atoms with Gasteiger partial charge in [-0.15, -0.1) is 0 Å². The second-order valence-corrected chi connectivity index (χ2v) is 4.66. The molecule has 2 aliphatic rings. The molecular formula is C13H23NO. The number of fused-ring (bicyclic) bond motifs is 1. The Balaban J connectivity index is 1.99. The van der Waals surface area contributed by atoms with Crippen molar-refractivity contribution in [3.05, 3.63) is 12.3 Å². The summed E-state index contributed by atoms with van der Waals surface area (Å²) in [6.45, 7) is 4.53. The first-order valence-electron chi connectivity index (χ1n) is 6.46. The van der Waals surface area contributed by atoms with Crippen molar-refractivity contribution in [2.24, 2.45) is 0 Å². The van der Waals surface area contributed by atoms with Gasteiger partial charge in [0.15, 0.2) is 0 Å². The van der Waals surface area contributed by atoms with E-state index >= 15 is 0 Å². The molecule has 0 amide bonds. The van der Waals surface area contributed by atoms with E-state index < -0.39 is 0 Å². The first-order valence-corrected chi connectivity index (χ1v) is 6.46. The maximum absolute atomic E-state index is 6.15. The van der Waals surface area contributed by atoms with Gasteiger partial charge in [0, 0.05) is 0 Å². The average molecular weight is 209 g/mol. The highest BCUT2D eigenvalue weighted by Gasteiger charge is 2.39. The van der Waals surface area contributed by atoms with Crippen LogP contribution < -0.4 is 0 Å². The molecule has 0 aromatic rings. The van der Waals surface area contributed by atoms with Crippen LogP contribution in [0.3, 0.4) is 0 Å². The summed E-state index contributed by atoms with van der Waals surface area (Å²) >= 11 is 0. The molecule has 86 valence electrons. The van der Waals surface area contributed by atoms with Gasteiger partial charge in [-0.25, -0.2) is 0 Å². The van der Waals surface area contributed by atoms with E-state index in [0.717, 1.165) is 0 Å². The van der Waals surface area contributed by atoms with E-state index in [-0.39, 0.29) is 0 Å². The highest BCUT2D eigenvalue weighted by molar-refractivity contribution is 4.99. The maximum atomic E-state index is 6.15. The van der Waals surface area contributed by atoms with Gasteiger partial charge < -0.3 is 9.64 Å². The van der Waals surface area contributed by atoms with Crippen LogP contribution in [0.4, 0.5) is 0 Å². The molecule has 0 radical (unpaired) electrons. The number of unbranched alkanes of at least 4 members (excludes halogenated alkanes) is 1. The lowest BCUT2D eigenvalue weighted by Crippen LogP contribution is -2.35. The molecule has 2 heterocycles. The van der Waals surface area contributed by atoms with Gasteiger partial charge in [0.25, 0.3) is 0 Å². The number of ether oxygens (including phenoxy) is 1. The van der Waals surface area contributed by atoms with Crippen LogP contribution in [0.1, 0.15) is 52.4 Å². The average Bonchev–Trinajstić information content (AvgIpc) is 2.63. The lowest BCUT2D eigenvalue weighted by molar-refractivity contribution is 0.00198. The van der Waals surface area contributed by atoms with Crippen LogP contribution in [0.15, 0.2) is 12.3 Å². The van der Waals surface area contributed by atoms with Crippen molar-refractivity contribution in [2.45, 2.75) is 70.7 Å². The summed E-state index contributed by atoms with van der Waals surface area (Å²) < 4.78 is 6.15. The zero-order chi connectivity index (χ0) is 10.7. The van der Waals surface area contributed by atoms with Crippen LogP contribution >= 0.6 is 0 Å².